The number of nitrogens with one attached hydrogen (secondary N) is 1. The molecule has 0 saturated carbocycles. The Kier molecular flexibility index (Phi) is 3.84. The van der Waals surface area contributed by atoms with Gasteiger partial charge in [-0.3, -0.25) is 4.90 Å². The van der Waals surface area contributed by atoms with Crippen LogP contribution in [0.5, 0.6) is 17.2 Å². The number of hydrogen-bond acceptors (Lipinski definition) is 5. The van der Waals surface area contributed by atoms with E-state index in [2.05, 4.69) is 4.98 Å². The lowest BCUT2D eigenvalue weighted by Crippen LogP contribution is -2.42. The molecule has 0 spiro atoms. The predicted octanol–water partition coefficient (Wildman–Crippen LogP) is 3.50. The van der Waals surface area contributed by atoms with E-state index in [4.69, 9.17) is 14.2 Å². The molecule has 1 amide bonds. The van der Waals surface area contributed by atoms with Crippen molar-refractivity contribution in [2.45, 2.75) is 18.5 Å². The number of aromatic nitrogens is 1. The molecule has 7 nitrogen and oxygen atoms in total. The van der Waals surface area contributed by atoms with E-state index in [0.29, 0.717) is 12.0 Å². The van der Waals surface area contributed by atoms with Gasteiger partial charge in [0, 0.05) is 16.6 Å². The predicted molar refractivity (Wildman–Crippen MR) is 102 cm³/mol. The maximum Gasteiger partial charge on any atom is 0.411 e. The number of H-pyrrole nitrogens is 1. The van der Waals surface area contributed by atoms with Crippen LogP contribution in [-0.2, 0) is 11.2 Å². The summed E-state index contributed by atoms with van der Waals surface area (Å²) < 4.78 is 29.8. The average Bonchev–Trinajstić information content (AvgIpc) is 3.27. The van der Waals surface area contributed by atoms with Crippen molar-refractivity contribution in [2.24, 2.45) is 0 Å². The van der Waals surface area contributed by atoms with Gasteiger partial charge >= 0.3 is 6.09 Å². The fourth-order valence-corrected chi connectivity index (χ4v) is 4.41. The highest BCUT2D eigenvalue weighted by Gasteiger charge is 2.45. The third-order valence-electron chi connectivity index (χ3n) is 5.71. The fraction of sp³-hybridized carbons (Fsp3) is 0.286. The van der Waals surface area contributed by atoms with Gasteiger partial charge in [-0.2, -0.15) is 0 Å². The van der Waals surface area contributed by atoms with Gasteiger partial charge in [-0.1, -0.05) is 0 Å². The van der Waals surface area contributed by atoms with Gasteiger partial charge in [0.1, 0.15) is 18.5 Å². The van der Waals surface area contributed by atoms with E-state index in [1.54, 1.807) is 23.1 Å². The largest absolute Gasteiger partial charge is 0.502 e. The number of amides is 1. The number of carbonyl (C=O) groups excluding carboxylic acids is 1. The second-order valence-electron chi connectivity index (χ2n) is 7.23. The van der Waals surface area contributed by atoms with Crippen LogP contribution in [0.15, 0.2) is 30.3 Å². The van der Waals surface area contributed by atoms with Gasteiger partial charge in [0.15, 0.2) is 11.5 Å². The summed E-state index contributed by atoms with van der Waals surface area (Å²) in [6.45, 7) is 0.267. The minimum atomic E-state index is -0.516. The first-order valence-electron chi connectivity index (χ1n) is 9.21. The van der Waals surface area contributed by atoms with Gasteiger partial charge in [0.05, 0.1) is 20.3 Å². The lowest BCUT2D eigenvalue weighted by molar-refractivity contribution is 0.147. The lowest BCUT2D eigenvalue weighted by atomic mass is 9.89. The number of aromatic amines is 1. The topological polar surface area (TPSA) is 84.0 Å². The molecule has 0 radical (unpaired) electrons. The average molecular weight is 398 g/mol. The molecule has 2 atom stereocenters. The molecule has 0 bridgehead atoms. The summed E-state index contributed by atoms with van der Waals surface area (Å²) in [6, 6.07) is 7.26. The molecule has 0 unspecified atom stereocenters. The summed E-state index contributed by atoms with van der Waals surface area (Å²) in [5.74, 6) is 0.0366. The first-order valence-corrected chi connectivity index (χ1v) is 9.21. The molecule has 3 heterocycles. The normalized spacial score (nSPS) is 20.4. The number of fused-ring (bicyclic) bond motifs is 4. The van der Waals surface area contributed by atoms with Crippen LogP contribution >= 0.6 is 0 Å². The van der Waals surface area contributed by atoms with E-state index >= 15 is 0 Å². The Balaban J connectivity index is 1.77. The summed E-state index contributed by atoms with van der Waals surface area (Å²) in [4.78, 5) is 17.6. The maximum atomic E-state index is 13.9. The van der Waals surface area contributed by atoms with Gasteiger partial charge < -0.3 is 24.3 Å². The number of benzene rings is 2. The Morgan fingerprint density at radius 1 is 1.21 bits per heavy atom. The van der Waals surface area contributed by atoms with Crippen LogP contribution in [0, 0.1) is 5.82 Å². The highest BCUT2D eigenvalue weighted by atomic mass is 19.1. The second kappa shape index (κ2) is 6.30. The molecule has 2 N–H and O–H groups in total. The molecule has 1 aromatic heterocycles. The van der Waals surface area contributed by atoms with Crippen molar-refractivity contribution in [1.29, 1.82) is 0 Å². The number of hydrogen-bond donors (Lipinski definition) is 2. The smallest absolute Gasteiger partial charge is 0.411 e. The van der Waals surface area contributed by atoms with Crippen molar-refractivity contribution in [2.75, 3.05) is 20.8 Å². The summed E-state index contributed by atoms with van der Waals surface area (Å²) in [7, 11) is 2.90. The van der Waals surface area contributed by atoms with Crippen molar-refractivity contribution in [3.05, 3.63) is 53.0 Å². The molecule has 2 aliphatic heterocycles. The first kappa shape index (κ1) is 17.7. The number of phenolic OH excluding ortho intramolecular Hbond substituents is 1. The Labute approximate surface area is 165 Å². The van der Waals surface area contributed by atoms with Crippen molar-refractivity contribution >= 4 is 17.0 Å². The first-order chi connectivity index (χ1) is 14.0. The third-order valence-corrected chi connectivity index (χ3v) is 5.71. The zero-order valence-corrected chi connectivity index (χ0v) is 15.9. The molecular weight excluding hydrogens is 379 g/mol. The minimum absolute atomic E-state index is 0.117. The van der Waals surface area contributed by atoms with Crippen molar-refractivity contribution in [3.63, 3.8) is 0 Å². The maximum absolute atomic E-state index is 13.9. The van der Waals surface area contributed by atoms with Gasteiger partial charge in [0.2, 0.25) is 5.75 Å². The number of nitrogens with zero attached hydrogens (tertiary/aromatic N) is 1. The van der Waals surface area contributed by atoms with Gasteiger partial charge in [-0.05, 0) is 47.9 Å². The fourth-order valence-electron chi connectivity index (χ4n) is 4.41. The molecule has 1 saturated heterocycles. The van der Waals surface area contributed by atoms with Crippen LogP contribution in [0.1, 0.15) is 22.9 Å². The Morgan fingerprint density at radius 3 is 2.62 bits per heavy atom. The summed E-state index contributed by atoms with van der Waals surface area (Å²) in [6.07, 6.45) is 0.148. The van der Waals surface area contributed by atoms with Crippen LogP contribution < -0.4 is 9.47 Å². The Morgan fingerprint density at radius 2 is 1.93 bits per heavy atom. The van der Waals surface area contributed by atoms with Gasteiger partial charge in [0.25, 0.3) is 0 Å². The standard InChI is InChI=1S/C21H19FN2O5/c1-27-16-5-10(6-17(28-2)20(16)25)19-18-14(8-12-9-29-21(26)24(12)19)13-7-11(22)3-4-15(13)23-18/h3-7,12,19,23,25H,8-9H2,1-2H3/t12-,19+/m0/s1. The molecule has 3 aromatic rings. The number of halogens is 1. The van der Waals surface area contributed by atoms with Crippen LogP contribution in [0.25, 0.3) is 10.9 Å². The molecule has 5 rings (SSSR count). The highest BCUT2D eigenvalue weighted by Crippen LogP contribution is 2.46. The number of cyclic esters (lactones) is 1. The Bertz CT molecular complexity index is 1120. The van der Waals surface area contributed by atoms with E-state index in [1.807, 2.05) is 0 Å². The molecule has 150 valence electrons. The molecule has 1 fully saturated rings. The molecule has 2 aliphatic rings. The molecule has 0 aliphatic carbocycles. The van der Waals surface area contributed by atoms with E-state index in [1.165, 1.54) is 26.4 Å². The number of ether oxygens (including phenoxy) is 3. The van der Waals surface area contributed by atoms with E-state index < -0.39 is 12.1 Å². The number of carbonyl (C=O) groups is 1. The van der Waals surface area contributed by atoms with Crippen LogP contribution in [0.3, 0.4) is 0 Å². The number of rotatable bonds is 3. The lowest BCUT2D eigenvalue weighted by Gasteiger charge is -2.36. The monoisotopic (exact) mass is 398 g/mol. The summed E-state index contributed by atoms with van der Waals surface area (Å²) >= 11 is 0. The van der Waals surface area contributed by atoms with Crippen LogP contribution in [-0.4, -0.2) is 48.0 Å². The zero-order chi connectivity index (χ0) is 20.3. The molecule has 8 heteroatoms. The summed E-state index contributed by atoms with van der Waals surface area (Å²) in [5.41, 5.74) is 3.23. The van der Waals surface area contributed by atoms with E-state index in [9.17, 15) is 14.3 Å². The minimum Gasteiger partial charge on any atom is -0.502 e. The van der Waals surface area contributed by atoms with Gasteiger partial charge in [-0.25, -0.2) is 9.18 Å². The van der Waals surface area contributed by atoms with Gasteiger partial charge in [-0.15, -0.1) is 0 Å². The Hall–Kier alpha value is -3.42. The van der Waals surface area contributed by atoms with Crippen LogP contribution in [0.2, 0.25) is 0 Å². The van der Waals surface area contributed by atoms with Crippen LogP contribution in [0.4, 0.5) is 9.18 Å². The zero-order valence-electron chi connectivity index (χ0n) is 15.9. The third kappa shape index (κ3) is 2.52. The number of aromatic hydroxyl groups is 1. The number of methoxy groups -OCH3 is 2. The summed E-state index contributed by atoms with van der Waals surface area (Å²) in [5, 5.41) is 11.1. The SMILES string of the molecule is COc1cc([C@@H]2c3[nH]c4ccc(F)cc4c3C[C@H]3COC(=O)N32)cc(OC)c1O. The highest BCUT2D eigenvalue weighted by molar-refractivity contribution is 5.86. The van der Waals surface area contributed by atoms with E-state index in [-0.39, 0.29) is 35.7 Å². The number of phenols is 1. The van der Waals surface area contributed by atoms with E-state index in [0.717, 1.165) is 22.2 Å². The molecule has 2 aromatic carbocycles. The quantitative estimate of drug-likeness (QED) is 0.706. The second-order valence-corrected chi connectivity index (χ2v) is 7.23. The van der Waals surface area contributed by atoms with Crippen molar-refractivity contribution < 1.29 is 28.5 Å². The van der Waals surface area contributed by atoms with Crippen molar-refractivity contribution in [3.8, 4) is 17.2 Å². The van der Waals surface area contributed by atoms with Crippen molar-refractivity contribution in [1.82, 2.24) is 9.88 Å². The molecule has 29 heavy (non-hydrogen) atoms. The molecular formula is C21H19FN2O5.